The molecule has 0 aliphatic heterocycles. The quantitative estimate of drug-likeness (QED) is 0.658. The minimum atomic E-state index is -0.494. The van der Waals surface area contributed by atoms with Crippen molar-refractivity contribution < 1.29 is 4.79 Å². The number of aromatic nitrogens is 7. The Kier molecular flexibility index (Phi) is 3.03. The van der Waals surface area contributed by atoms with Crippen molar-refractivity contribution in [3.8, 4) is 5.95 Å². The molecule has 0 spiro atoms. The van der Waals surface area contributed by atoms with Crippen molar-refractivity contribution in [1.29, 1.82) is 0 Å². The summed E-state index contributed by atoms with van der Waals surface area (Å²) < 4.78 is 2.69. The lowest BCUT2D eigenvalue weighted by molar-refractivity contribution is 0.102. The van der Waals surface area contributed by atoms with Gasteiger partial charge in [0.05, 0.1) is 0 Å². The Labute approximate surface area is 117 Å². The van der Waals surface area contributed by atoms with E-state index in [1.54, 1.807) is 18.5 Å². The van der Waals surface area contributed by atoms with Gasteiger partial charge in [0.1, 0.15) is 12.0 Å². The summed E-state index contributed by atoms with van der Waals surface area (Å²) in [5.41, 5.74) is -0.272. The molecule has 0 fully saturated rings. The number of anilines is 1. The molecule has 3 aromatic rings. The Morgan fingerprint density at radius 2 is 2.05 bits per heavy atom. The van der Waals surface area contributed by atoms with Gasteiger partial charge in [0.25, 0.3) is 5.91 Å². The minimum absolute atomic E-state index is 0.107. The van der Waals surface area contributed by atoms with Crippen LogP contribution in [0.25, 0.3) is 5.95 Å². The molecule has 21 heavy (non-hydrogen) atoms. The average Bonchev–Trinajstić information content (AvgIpc) is 3.11. The number of rotatable bonds is 3. The molecular weight excluding hydrogens is 276 g/mol. The van der Waals surface area contributed by atoms with Crippen molar-refractivity contribution in [2.24, 2.45) is 7.05 Å². The van der Waals surface area contributed by atoms with Gasteiger partial charge in [-0.2, -0.15) is 0 Å². The second-order valence-corrected chi connectivity index (χ2v) is 4.08. The van der Waals surface area contributed by atoms with Crippen LogP contribution in [0, 0.1) is 0 Å². The summed E-state index contributed by atoms with van der Waals surface area (Å²) in [7, 11) is 1.48. The monoisotopic (exact) mass is 286 g/mol. The van der Waals surface area contributed by atoms with Gasteiger partial charge in [-0.05, 0) is 6.07 Å². The largest absolute Gasteiger partial charge is 0.344 e. The third kappa shape index (κ3) is 2.41. The van der Waals surface area contributed by atoms with Crippen molar-refractivity contribution in [2.45, 2.75) is 0 Å². The van der Waals surface area contributed by atoms with Gasteiger partial charge in [-0.15, -0.1) is 5.10 Å². The zero-order chi connectivity index (χ0) is 14.8. The smallest absolute Gasteiger partial charge is 0.289 e. The van der Waals surface area contributed by atoms with E-state index in [2.05, 4.69) is 30.5 Å². The number of amides is 1. The van der Waals surface area contributed by atoms with Gasteiger partial charge in [-0.25, -0.2) is 24.8 Å². The first-order valence-electron chi connectivity index (χ1n) is 5.89. The summed E-state index contributed by atoms with van der Waals surface area (Å²) in [5, 5.41) is 8.38. The predicted molar refractivity (Wildman–Crippen MR) is 70.9 cm³/mol. The Bertz CT molecular complexity index is 831. The molecule has 10 nitrogen and oxygen atoms in total. The molecule has 3 rings (SSSR count). The van der Waals surface area contributed by atoms with E-state index >= 15 is 0 Å². The molecule has 3 aromatic heterocycles. The Morgan fingerprint density at radius 1 is 1.29 bits per heavy atom. The van der Waals surface area contributed by atoms with Gasteiger partial charge < -0.3 is 0 Å². The Morgan fingerprint density at radius 3 is 2.71 bits per heavy atom. The van der Waals surface area contributed by atoms with Crippen molar-refractivity contribution >= 4 is 11.9 Å². The molecule has 0 aliphatic rings. The van der Waals surface area contributed by atoms with E-state index in [0.29, 0.717) is 5.95 Å². The maximum absolute atomic E-state index is 12.0. The van der Waals surface area contributed by atoms with E-state index in [-0.39, 0.29) is 11.6 Å². The molecule has 0 radical (unpaired) electrons. The Balaban J connectivity index is 1.82. The second-order valence-electron chi connectivity index (χ2n) is 4.08. The molecule has 0 saturated heterocycles. The number of carbonyl (C=O) groups is 1. The number of aromatic amines is 1. The molecule has 106 valence electrons. The number of imidazole rings is 1. The van der Waals surface area contributed by atoms with E-state index < -0.39 is 11.6 Å². The number of carbonyl (C=O) groups excluding carboxylic acids is 1. The predicted octanol–water partition coefficient (Wildman–Crippen LogP) is -0.664. The van der Waals surface area contributed by atoms with Crippen LogP contribution < -0.4 is 11.0 Å². The molecule has 2 N–H and O–H groups in total. The standard InChI is InChI=1S/C11H10N8O2/c1-18-10(16-17-11(18)21)15-8(20)7-5-19(6-14-7)9-12-3-2-4-13-9/h2-6H,1H3,(H,17,21)(H,15,16,20). The third-order valence-electron chi connectivity index (χ3n) is 2.70. The SMILES string of the molecule is Cn1c(NC(=O)c2cn(-c3ncccn3)cn2)n[nH]c1=O. The van der Waals surface area contributed by atoms with Crippen LogP contribution >= 0.6 is 0 Å². The fourth-order valence-electron chi connectivity index (χ4n) is 1.60. The van der Waals surface area contributed by atoms with Crippen LogP contribution in [0.15, 0.2) is 35.8 Å². The van der Waals surface area contributed by atoms with E-state index in [9.17, 15) is 9.59 Å². The molecule has 10 heteroatoms. The van der Waals surface area contributed by atoms with Crippen LogP contribution in [0.3, 0.4) is 0 Å². The van der Waals surface area contributed by atoms with Crippen molar-refractivity contribution in [3.05, 3.63) is 47.2 Å². The zero-order valence-corrected chi connectivity index (χ0v) is 10.9. The first kappa shape index (κ1) is 12.7. The number of nitrogens with zero attached hydrogens (tertiary/aromatic N) is 6. The number of hydrogen-bond acceptors (Lipinski definition) is 6. The lowest BCUT2D eigenvalue weighted by Crippen LogP contribution is -2.19. The minimum Gasteiger partial charge on any atom is -0.289 e. The van der Waals surface area contributed by atoms with E-state index in [0.717, 1.165) is 0 Å². The average molecular weight is 286 g/mol. The zero-order valence-electron chi connectivity index (χ0n) is 10.9. The topological polar surface area (TPSA) is 123 Å². The molecule has 1 amide bonds. The lowest BCUT2D eigenvalue weighted by atomic mass is 10.4. The maximum Gasteiger partial charge on any atom is 0.344 e. The number of H-pyrrole nitrogens is 1. The van der Waals surface area contributed by atoms with Crippen molar-refractivity contribution in [1.82, 2.24) is 34.3 Å². The summed E-state index contributed by atoms with van der Waals surface area (Å²) in [5.74, 6) is 0.0125. The van der Waals surface area contributed by atoms with Crippen LogP contribution in [0.2, 0.25) is 0 Å². The third-order valence-corrected chi connectivity index (χ3v) is 2.70. The highest BCUT2D eigenvalue weighted by Gasteiger charge is 2.14. The number of hydrogen-bond donors (Lipinski definition) is 2. The van der Waals surface area contributed by atoms with Crippen LogP contribution in [0.4, 0.5) is 5.95 Å². The fraction of sp³-hybridized carbons (Fsp3) is 0.0909. The van der Waals surface area contributed by atoms with Gasteiger partial charge in [-0.1, -0.05) is 0 Å². The van der Waals surface area contributed by atoms with Crippen molar-refractivity contribution in [3.63, 3.8) is 0 Å². The second kappa shape index (κ2) is 5.00. The van der Waals surface area contributed by atoms with Gasteiger partial charge in [-0.3, -0.25) is 19.2 Å². The molecule has 0 aliphatic carbocycles. The van der Waals surface area contributed by atoms with Crippen LogP contribution in [0.5, 0.6) is 0 Å². The summed E-state index contributed by atoms with van der Waals surface area (Å²) in [4.78, 5) is 35.3. The highest BCUT2D eigenvalue weighted by Crippen LogP contribution is 2.05. The summed E-state index contributed by atoms with van der Waals surface area (Å²) >= 11 is 0. The molecule has 0 atom stereocenters. The summed E-state index contributed by atoms with van der Waals surface area (Å²) in [6.45, 7) is 0. The normalized spacial score (nSPS) is 10.5. The molecule has 0 saturated carbocycles. The van der Waals surface area contributed by atoms with Gasteiger partial charge in [0.15, 0.2) is 0 Å². The van der Waals surface area contributed by atoms with Crippen LogP contribution in [0.1, 0.15) is 10.5 Å². The Hall–Kier alpha value is -3.30. The van der Waals surface area contributed by atoms with E-state index in [1.165, 1.54) is 28.7 Å². The first-order chi connectivity index (χ1) is 10.1. The van der Waals surface area contributed by atoms with Gasteiger partial charge in [0.2, 0.25) is 11.9 Å². The van der Waals surface area contributed by atoms with Gasteiger partial charge in [0, 0.05) is 25.6 Å². The maximum atomic E-state index is 12.0. The van der Waals surface area contributed by atoms with E-state index in [4.69, 9.17) is 0 Å². The van der Waals surface area contributed by atoms with Crippen LogP contribution in [-0.2, 0) is 7.05 Å². The molecule has 0 unspecified atom stereocenters. The van der Waals surface area contributed by atoms with Crippen LogP contribution in [-0.4, -0.2) is 40.2 Å². The molecular formula is C11H10N8O2. The summed E-state index contributed by atoms with van der Waals surface area (Å²) in [6.07, 6.45) is 6.08. The molecule has 0 aromatic carbocycles. The van der Waals surface area contributed by atoms with Gasteiger partial charge >= 0.3 is 5.69 Å². The highest BCUT2D eigenvalue weighted by atomic mass is 16.2. The highest BCUT2D eigenvalue weighted by molar-refractivity contribution is 6.01. The van der Waals surface area contributed by atoms with Crippen molar-refractivity contribution in [2.75, 3.05) is 5.32 Å². The molecule has 0 bridgehead atoms. The summed E-state index contributed by atoms with van der Waals surface area (Å²) in [6, 6.07) is 1.69. The fourth-order valence-corrected chi connectivity index (χ4v) is 1.60. The first-order valence-corrected chi connectivity index (χ1v) is 5.89. The lowest BCUT2D eigenvalue weighted by Gasteiger charge is -2.00. The number of nitrogens with one attached hydrogen (secondary N) is 2. The van der Waals surface area contributed by atoms with E-state index in [1.807, 2.05) is 0 Å². The molecule has 3 heterocycles.